The van der Waals surface area contributed by atoms with Gasteiger partial charge in [-0.3, -0.25) is 0 Å². The highest BCUT2D eigenvalue weighted by Crippen LogP contribution is 2.46. The fraction of sp³-hybridized carbons (Fsp3) is 0.697. The van der Waals surface area contributed by atoms with Gasteiger partial charge in [0.1, 0.15) is 0 Å². The minimum absolute atomic E-state index is 0.0297. The fourth-order valence-corrected chi connectivity index (χ4v) is 7.36. The van der Waals surface area contributed by atoms with Crippen LogP contribution >= 0.6 is 0 Å². The van der Waals surface area contributed by atoms with E-state index >= 15 is 0 Å². The van der Waals surface area contributed by atoms with Crippen LogP contribution in [0, 0.1) is 41.2 Å². The number of benzene rings is 1. The first-order chi connectivity index (χ1) is 17.6. The molecule has 36 heavy (non-hydrogen) atoms. The van der Waals surface area contributed by atoms with Gasteiger partial charge in [0.15, 0.2) is 11.6 Å². The largest absolute Gasteiger partial charge is 0.490 e. The van der Waals surface area contributed by atoms with E-state index in [2.05, 4.69) is 25.2 Å². The lowest BCUT2D eigenvalue weighted by atomic mass is 9.65. The lowest BCUT2D eigenvalue weighted by Gasteiger charge is -2.40. The molecule has 200 valence electrons. The summed E-state index contributed by atoms with van der Waals surface area (Å²) in [6.07, 6.45) is 25.9. The molecule has 0 bridgehead atoms. The van der Waals surface area contributed by atoms with Gasteiger partial charge in [-0.05, 0) is 131 Å². The standard InChI is InChI=1S/C33H48F2O/c1-3-5-6-7-8-24-9-11-25(12-10-24)26-13-15-27(16-14-26)28-17-19-29(20-18-28)30-21-22-31(36-23-4-2)33(35)32(30)34/h3,5,19,21-22,24-28H,4,6-18,20,23H2,1-2H3. The molecule has 1 unspecified atom stereocenters. The summed E-state index contributed by atoms with van der Waals surface area (Å²) in [5, 5.41) is 0. The smallest absolute Gasteiger partial charge is 0.201 e. The quantitative estimate of drug-likeness (QED) is 0.230. The molecule has 0 spiro atoms. The first-order valence-corrected chi connectivity index (χ1v) is 15.0. The third kappa shape index (κ3) is 7.01. The number of rotatable bonds is 10. The maximum absolute atomic E-state index is 14.8. The first-order valence-electron chi connectivity index (χ1n) is 15.0. The van der Waals surface area contributed by atoms with Gasteiger partial charge in [-0.25, -0.2) is 4.39 Å². The molecule has 3 heteroatoms. The van der Waals surface area contributed by atoms with Gasteiger partial charge < -0.3 is 4.74 Å². The van der Waals surface area contributed by atoms with E-state index in [-0.39, 0.29) is 5.75 Å². The Morgan fingerprint density at radius 3 is 2.14 bits per heavy atom. The van der Waals surface area contributed by atoms with Gasteiger partial charge in [0.05, 0.1) is 6.61 Å². The lowest BCUT2D eigenvalue weighted by Crippen LogP contribution is -2.28. The predicted octanol–water partition coefficient (Wildman–Crippen LogP) is 10.3. The molecule has 0 heterocycles. The minimum Gasteiger partial charge on any atom is -0.490 e. The van der Waals surface area contributed by atoms with Crippen molar-refractivity contribution in [2.45, 2.75) is 110 Å². The molecule has 0 aliphatic heterocycles. The second-order valence-corrected chi connectivity index (χ2v) is 11.8. The van der Waals surface area contributed by atoms with Gasteiger partial charge in [0.2, 0.25) is 5.82 Å². The molecule has 1 nitrogen and oxygen atoms in total. The molecular weight excluding hydrogens is 450 g/mol. The summed E-state index contributed by atoms with van der Waals surface area (Å²) in [6.45, 7) is 4.48. The van der Waals surface area contributed by atoms with E-state index in [0.29, 0.717) is 18.1 Å². The summed E-state index contributed by atoms with van der Waals surface area (Å²) >= 11 is 0. The van der Waals surface area contributed by atoms with Gasteiger partial charge in [0.25, 0.3) is 0 Å². The molecule has 2 saturated carbocycles. The van der Waals surface area contributed by atoms with Crippen LogP contribution in [-0.2, 0) is 0 Å². The highest BCUT2D eigenvalue weighted by Gasteiger charge is 2.34. The molecule has 0 N–H and O–H groups in total. The SMILES string of the molecule is CC=CCCCC1CCC(C2CCC(C3CC=C(c4ccc(OCCC)c(F)c4F)CC3)CC2)CC1. The van der Waals surface area contributed by atoms with Crippen molar-refractivity contribution in [3.8, 4) is 5.75 Å². The van der Waals surface area contributed by atoms with Gasteiger partial charge in [-0.2, -0.15) is 4.39 Å². The van der Waals surface area contributed by atoms with Gasteiger partial charge in [-0.15, -0.1) is 0 Å². The molecule has 0 aromatic heterocycles. The lowest BCUT2D eigenvalue weighted by molar-refractivity contribution is 0.120. The van der Waals surface area contributed by atoms with Crippen LogP contribution in [0.4, 0.5) is 8.78 Å². The number of ether oxygens (including phenoxy) is 1. The summed E-state index contributed by atoms with van der Waals surface area (Å²) in [6, 6.07) is 3.30. The van der Waals surface area contributed by atoms with Crippen LogP contribution in [0.1, 0.15) is 116 Å². The number of hydrogen-bond donors (Lipinski definition) is 0. The van der Waals surface area contributed by atoms with Crippen LogP contribution in [-0.4, -0.2) is 6.61 Å². The molecule has 0 radical (unpaired) electrons. The van der Waals surface area contributed by atoms with Crippen LogP contribution in [0.25, 0.3) is 5.57 Å². The van der Waals surface area contributed by atoms with Gasteiger partial charge in [-0.1, -0.05) is 44.4 Å². The van der Waals surface area contributed by atoms with Crippen molar-refractivity contribution in [1.29, 1.82) is 0 Å². The molecule has 3 aliphatic carbocycles. The zero-order valence-electron chi connectivity index (χ0n) is 22.8. The highest BCUT2D eigenvalue weighted by atomic mass is 19.2. The Hall–Kier alpha value is -1.64. The Morgan fingerprint density at radius 2 is 1.53 bits per heavy atom. The second-order valence-electron chi connectivity index (χ2n) is 11.8. The zero-order valence-corrected chi connectivity index (χ0v) is 22.8. The number of hydrogen-bond acceptors (Lipinski definition) is 1. The third-order valence-electron chi connectivity index (χ3n) is 9.57. The van der Waals surface area contributed by atoms with Crippen LogP contribution in [0.15, 0.2) is 30.4 Å². The molecule has 1 aromatic rings. The molecule has 0 saturated heterocycles. The van der Waals surface area contributed by atoms with Crippen molar-refractivity contribution in [3.63, 3.8) is 0 Å². The summed E-state index contributed by atoms with van der Waals surface area (Å²) in [7, 11) is 0. The van der Waals surface area contributed by atoms with Crippen LogP contribution in [0.2, 0.25) is 0 Å². The van der Waals surface area contributed by atoms with Crippen molar-refractivity contribution < 1.29 is 13.5 Å². The van der Waals surface area contributed by atoms with E-state index in [1.807, 2.05) is 6.92 Å². The average Bonchev–Trinajstić information content (AvgIpc) is 2.93. The number of halogens is 2. The first kappa shape index (κ1) is 27.4. The van der Waals surface area contributed by atoms with Crippen molar-refractivity contribution >= 4 is 5.57 Å². The zero-order chi connectivity index (χ0) is 25.3. The predicted molar refractivity (Wildman–Crippen MR) is 147 cm³/mol. The Kier molecular flexibility index (Phi) is 10.5. The van der Waals surface area contributed by atoms with Gasteiger partial charge in [0, 0.05) is 5.56 Å². The van der Waals surface area contributed by atoms with Gasteiger partial charge >= 0.3 is 0 Å². The molecule has 4 rings (SSSR count). The molecule has 2 fully saturated rings. The number of allylic oxidation sites excluding steroid dienone is 4. The third-order valence-corrected chi connectivity index (χ3v) is 9.57. The van der Waals surface area contributed by atoms with E-state index in [9.17, 15) is 8.78 Å². The van der Waals surface area contributed by atoms with E-state index in [1.54, 1.807) is 12.1 Å². The van der Waals surface area contributed by atoms with E-state index in [0.717, 1.165) is 54.9 Å². The Labute approximate surface area is 218 Å². The number of unbranched alkanes of at least 4 members (excludes halogenated alkanes) is 1. The molecule has 1 atom stereocenters. The van der Waals surface area contributed by atoms with Crippen molar-refractivity contribution in [3.05, 3.63) is 47.6 Å². The Bertz CT molecular complexity index is 872. The summed E-state index contributed by atoms with van der Waals surface area (Å²) in [5.41, 5.74) is 1.40. The Balaban J connectivity index is 1.22. The van der Waals surface area contributed by atoms with E-state index in [4.69, 9.17) is 4.74 Å². The maximum atomic E-state index is 14.8. The second kappa shape index (κ2) is 13.8. The highest BCUT2D eigenvalue weighted by molar-refractivity contribution is 5.67. The average molecular weight is 499 g/mol. The monoisotopic (exact) mass is 498 g/mol. The maximum Gasteiger partial charge on any atom is 0.201 e. The van der Waals surface area contributed by atoms with Crippen LogP contribution in [0.3, 0.4) is 0 Å². The van der Waals surface area contributed by atoms with Crippen LogP contribution < -0.4 is 4.74 Å². The minimum atomic E-state index is -0.843. The van der Waals surface area contributed by atoms with E-state index < -0.39 is 11.6 Å². The molecular formula is C33H48F2O. The Morgan fingerprint density at radius 1 is 0.861 bits per heavy atom. The summed E-state index contributed by atoms with van der Waals surface area (Å²) in [4.78, 5) is 0. The normalized spacial score (nSPS) is 29.3. The van der Waals surface area contributed by atoms with Crippen molar-refractivity contribution in [2.75, 3.05) is 6.61 Å². The topological polar surface area (TPSA) is 9.23 Å². The molecule has 1 aromatic carbocycles. The van der Waals surface area contributed by atoms with Crippen molar-refractivity contribution in [1.82, 2.24) is 0 Å². The molecule has 0 amide bonds. The van der Waals surface area contributed by atoms with E-state index in [1.165, 1.54) is 70.6 Å². The van der Waals surface area contributed by atoms with Crippen molar-refractivity contribution in [2.24, 2.45) is 29.6 Å². The summed E-state index contributed by atoms with van der Waals surface area (Å²) < 4.78 is 34.6. The fourth-order valence-electron chi connectivity index (χ4n) is 7.36. The summed E-state index contributed by atoms with van der Waals surface area (Å²) in [5.74, 6) is 2.86. The molecule has 3 aliphatic rings. The van der Waals surface area contributed by atoms with Crippen LogP contribution in [0.5, 0.6) is 5.75 Å².